The molecule has 6 heteroatoms. The second-order valence-corrected chi connectivity index (χ2v) is 4.15. The summed E-state index contributed by atoms with van der Waals surface area (Å²) in [7, 11) is 1.54. The topological polar surface area (TPSA) is 86.3 Å². The van der Waals surface area contributed by atoms with Gasteiger partial charge in [-0.1, -0.05) is 5.16 Å². The van der Waals surface area contributed by atoms with Crippen LogP contribution < -0.4 is 15.2 Å². The molecule has 0 spiro atoms. The number of amidine groups is 1. The molecular formula is C13H20N2O4. The van der Waals surface area contributed by atoms with Crippen molar-refractivity contribution in [2.75, 3.05) is 20.3 Å². The highest BCUT2D eigenvalue weighted by Gasteiger charge is 2.06. The zero-order valence-corrected chi connectivity index (χ0v) is 11.4. The predicted octanol–water partition coefficient (Wildman–Crippen LogP) is 1.59. The van der Waals surface area contributed by atoms with Crippen molar-refractivity contribution in [3.63, 3.8) is 0 Å². The van der Waals surface area contributed by atoms with Crippen LogP contribution in [0.3, 0.4) is 0 Å². The molecule has 0 aromatic heterocycles. The Bertz CT molecular complexity index is 433. The Morgan fingerprint density at radius 3 is 2.53 bits per heavy atom. The van der Waals surface area contributed by atoms with E-state index >= 15 is 0 Å². The van der Waals surface area contributed by atoms with Gasteiger partial charge in [-0.05, 0) is 26.0 Å². The van der Waals surface area contributed by atoms with E-state index in [4.69, 9.17) is 25.2 Å². The van der Waals surface area contributed by atoms with Crippen LogP contribution in [-0.4, -0.2) is 37.5 Å². The van der Waals surface area contributed by atoms with E-state index in [9.17, 15) is 0 Å². The maximum Gasteiger partial charge on any atom is 0.170 e. The summed E-state index contributed by atoms with van der Waals surface area (Å²) in [6, 6.07) is 5.06. The molecule has 0 saturated carbocycles. The molecule has 19 heavy (non-hydrogen) atoms. The lowest BCUT2D eigenvalue weighted by Crippen LogP contribution is -2.14. The van der Waals surface area contributed by atoms with Crippen LogP contribution in [0.5, 0.6) is 11.5 Å². The number of methoxy groups -OCH3 is 1. The highest BCUT2D eigenvalue weighted by Crippen LogP contribution is 2.22. The van der Waals surface area contributed by atoms with Crippen LogP contribution in [0.25, 0.3) is 0 Å². The van der Waals surface area contributed by atoms with E-state index < -0.39 is 0 Å². The van der Waals surface area contributed by atoms with Gasteiger partial charge in [0.05, 0.1) is 19.8 Å². The fourth-order valence-electron chi connectivity index (χ4n) is 1.42. The van der Waals surface area contributed by atoms with E-state index in [0.717, 1.165) is 0 Å². The van der Waals surface area contributed by atoms with Crippen LogP contribution in [0.1, 0.15) is 19.4 Å². The number of rotatable bonds is 7. The Morgan fingerprint density at radius 1 is 1.26 bits per heavy atom. The summed E-state index contributed by atoms with van der Waals surface area (Å²) in [5.41, 5.74) is 6.07. The van der Waals surface area contributed by atoms with Crippen molar-refractivity contribution >= 4 is 5.84 Å². The van der Waals surface area contributed by atoms with Crippen LogP contribution in [-0.2, 0) is 4.74 Å². The largest absolute Gasteiger partial charge is 0.497 e. The molecule has 0 aliphatic rings. The maximum absolute atomic E-state index is 8.68. The summed E-state index contributed by atoms with van der Waals surface area (Å²) in [5.74, 6) is 1.15. The molecule has 0 bridgehead atoms. The van der Waals surface area contributed by atoms with Gasteiger partial charge in [0.15, 0.2) is 5.84 Å². The minimum atomic E-state index is 0.00202. The molecule has 1 rings (SSSR count). The molecule has 3 N–H and O–H groups in total. The van der Waals surface area contributed by atoms with Gasteiger partial charge in [-0.25, -0.2) is 0 Å². The van der Waals surface area contributed by atoms with E-state index in [2.05, 4.69) is 5.16 Å². The van der Waals surface area contributed by atoms with Crippen LogP contribution >= 0.6 is 0 Å². The zero-order chi connectivity index (χ0) is 14.3. The third-order valence-electron chi connectivity index (χ3n) is 2.32. The normalized spacial score (nSPS) is 11.7. The van der Waals surface area contributed by atoms with Gasteiger partial charge in [0.25, 0.3) is 0 Å². The van der Waals surface area contributed by atoms with Gasteiger partial charge in [-0.15, -0.1) is 0 Å². The monoisotopic (exact) mass is 268 g/mol. The van der Waals surface area contributed by atoms with Crippen molar-refractivity contribution in [2.24, 2.45) is 10.9 Å². The molecule has 0 saturated heterocycles. The SMILES string of the molecule is COc1cc(OCCOC(C)C)cc(/C(N)=N/O)c1. The molecule has 6 nitrogen and oxygen atoms in total. The second kappa shape index (κ2) is 7.48. The molecule has 0 heterocycles. The van der Waals surface area contributed by atoms with Gasteiger partial charge >= 0.3 is 0 Å². The first kappa shape index (κ1) is 15.1. The Balaban J connectivity index is 2.71. The third kappa shape index (κ3) is 5.05. The first-order valence-electron chi connectivity index (χ1n) is 5.98. The second-order valence-electron chi connectivity index (χ2n) is 4.15. The molecule has 0 unspecified atom stereocenters. The minimum absolute atomic E-state index is 0.00202. The van der Waals surface area contributed by atoms with E-state index in [1.165, 1.54) is 7.11 Å². The van der Waals surface area contributed by atoms with Crippen molar-refractivity contribution in [3.05, 3.63) is 23.8 Å². The molecule has 1 aromatic carbocycles. The van der Waals surface area contributed by atoms with Gasteiger partial charge in [-0.3, -0.25) is 0 Å². The van der Waals surface area contributed by atoms with E-state index in [1.807, 2.05) is 13.8 Å². The number of ether oxygens (including phenoxy) is 3. The van der Waals surface area contributed by atoms with Crippen molar-refractivity contribution in [1.29, 1.82) is 0 Å². The van der Waals surface area contributed by atoms with Crippen molar-refractivity contribution < 1.29 is 19.4 Å². The van der Waals surface area contributed by atoms with Crippen LogP contribution in [0.4, 0.5) is 0 Å². The third-order valence-corrected chi connectivity index (χ3v) is 2.32. The molecule has 0 aliphatic carbocycles. The van der Waals surface area contributed by atoms with Crippen LogP contribution in [0.15, 0.2) is 23.4 Å². The van der Waals surface area contributed by atoms with Gasteiger partial charge in [0.1, 0.15) is 18.1 Å². The molecule has 0 radical (unpaired) electrons. The van der Waals surface area contributed by atoms with E-state index in [0.29, 0.717) is 30.3 Å². The minimum Gasteiger partial charge on any atom is -0.497 e. The van der Waals surface area contributed by atoms with E-state index in [1.54, 1.807) is 18.2 Å². The molecule has 0 fully saturated rings. The fraction of sp³-hybridized carbons (Fsp3) is 0.462. The van der Waals surface area contributed by atoms with Crippen molar-refractivity contribution in [1.82, 2.24) is 0 Å². The number of benzene rings is 1. The number of hydrogen-bond acceptors (Lipinski definition) is 5. The Morgan fingerprint density at radius 2 is 1.95 bits per heavy atom. The smallest absolute Gasteiger partial charge is 0.170 e. The number of oxime groups is 1. The lowest BCUT2D eigenvalue weighted by atomic mass is 10.2. The fourth-order valence-corrected chi connectivity index (χ4v) is 1.42. The zero-order valence-electron chi connectivity index (χ0n) is 11.4. The van der Waals surface area contributed by atoms with Gasteiger partial charge in [-0.2, -0.15) is 0 Å². The summed E-state index contributed by atoms with van der Waals surface area (Å²) >= 11 is 0. The average Bonchev–Trinajstić information content (AvgIpc) is 2.42. The Labute approximate surface area is 112 Å². The molecule has 0 atom stereocenters. The van der Waals surface area contributed by atoms with Crippen molar-refractivity contribution in [3.8, 4) is 11.5 Å². The molecule has 106 valence electrons. The maximum atomic E-state index is 8.68. The number of hydrogen-bond donors (Lipinski definition) is 2. The first-order chi connectivity index (χ1) is 9.06. The standard InChI is InChI=1S/C13H20N2O4/c1-9(2)18-4-5-19-12-7-10(13(14)15-16)6-11(8-12)17-3/h6-9,16H,4-5H2,1-3H3,(H2,14,15). The number of nitrogens with zero attached hydrogens (tertiary/aromatic N) is 1. The molecule has 1 aromatic rings. The summed E-state index contributed by atoms with van der Waals surface area (Å²) in [6.45, 7) is 4.83. The Kier molecular flexibility index (Phi) is 5.95. The Hall–Kier alpha value is -1.95. The van der Waals surface area contributed by atoms with Gasteiger partial charge in [0.2, 0.25) is 0 Å². The average molecular weight is 268 g/mol. The number of nitrogens with two attached hydrogens (primary N) is 1. The van der Waals surface area contributed by atoms with Crippen LogP contribution in [0.2, 0.25) is 0 Å². The lowest BCUT2D eigenvalue weighted by Gasteiger charge is -2.11. The lowest BCUT2D eigenvalue weighted by molar-refractivity contribution is 0.0552. The quantitative estimate of drug-likeness (QED) is 0.258. The molecule has 0 aliphatic heterocycles. The predicted molar refractivity (Wildman–Crippen MR) is 72.1 cm³/mol. The summed E-state index contributed by atoms with van der Waals surface area (Å²) in [4.78, 5) is 0. The summed E-state index contributed by atoms with van der Waals surface area (Å²) < 4.78 is 16.0. The first-order valence-corrected chi connectivity index (χ1v) is 5.98. The molecule has 0 amide bonds. The highest BCUT2D eigenvalue weighted by molar-refractivity contribution is 5.97. The highest BCUT2D eigenvalue weighted by atomic mass is 16.5. The van der Waals surface area contributed by atoms with Crippen molar-refractivity contribution in [2.45, 2.75) is 20.0 Å². The van der Waals surface area contributed by atoms with E-state index in [-0.39, 0.29) is 11.9 Å². The van der Waals surface area contributed by atoms with Crippen LogP contribution in [0, 0.1) is 0 Å². The molecular weight excluding hydrogens is 248 g/mol. The summed E-state index contributed by atoms with van der Waals surface area (Å²) in [5, 5.41) is 11.6. The van der Waals surface area contributed by atoms with Gasteiger partial charge < -0.3 is 25.2 Å². The summed E-state index contributed by atoms with van der Waals surface area (Å²) in [6.07, 6.45) is 0.168. The van der Waals surface area contributed by atoms with Gasteiger partial charge in [0, 0.05) is 11.6 Å².